The van der Waals surface area contributed by atoms with Gasteiger partial charge in [0.2, 0.25) is 0 Å². The van der Waals surface area contributed by atoms with Gasteiger partial charge < -0.3 is 14.5 Å². The van der Waals surface area contributed by atoms with Crippen molar-refractivity contribution >= 4 is 28.2 Å². The summed E-state index contributed by atoms with van der Waals surface area (Å²) in [5, 5.41) is 11.7. The van der Waals surface area contributed by atoms with Crippen LogP contribution in [0.2, 0.25) is 0 Å². The van der Waals surface area contributed by atoms with Gasteiger partial charge in [0.05, 0.1) is 13.2 Å². The van der Waals surface area contributed by atoms with Gasteiger partial charge >= 0.3 is 5.63 Å². The van der Waals surface area contributed by atoms with Crippen LogP contribution < -0.4 is 15.7 Å². The minimum Gasteiger partial charge on any atom is -0.493 e. The first-order valence-electron chi connectivity index (χ1n) is 8.57. The molecule has 0 saturated heterocycles. The highest BCUT2D eigenvalue weighted by atomic mass is 32.1. The lowest BCUT2D eigenvalue weighted by Gasteiger charge is -2.17. The zero-order chi connectivity index (χ0) is 19.5. The Balaban J connectivity index is 1.59. The summed E-state index contributed by atoms with van der Waals surface area (Å²) in [6.07, 6.45) is 3.53. The van der Waals surface area contributed by atoms with Gasteiger partial charge in [0.1, 0.15) is 5.56 Å². The fraction of sp³-hybridized carbons (Fsp3) is 0.150. The number of ether oxygens (including phenoxy) is 1. The van der Waals surface area contributed by atoms with E-state index in [0.717, 1.165) is 5.56 Å². The molecule has 0 aliphatic carbocycles. The molecule has 4 aromatic rings. The van der Waals surface area contributed by atoms with Crippen molar-refractivity contribution in [1.82, 2.24) is 15.1 Å². The molecule has 0 saturated carbocycles. The minimum atomic E-state index is -0.708. The SMILES string of the molecule is COc1cccc2cc(C(=O)NCC(c3ccsc3)n3cccn3)c(=O)oc12. The number of amides is 1. The van der Waals surface area contributed by atoms with E-state index < -0.39 is 11.5 Å². The number of rotatable bonds is 6. The lowest BCUT2D eigenvalue weighted by molar-refractivity contribution is 0.0945. The van der Waals surface area contributed by atoms with E-state index in [1.807, 2.05) is 29.1 Å². The lowest BCUT2D eigenvalue weighted by atomic mass is 10.1. The van der Waals surface area contributed by atoms with E-state index in [1.54, 1.807) is 40.4 Å². The van der Waals surface area contributed by atoms with E-state index in [2.05, 4.69) is 10.4 Å². The molecule has 142 valence electrons. The number of fused-ring (bicyclic) bond motifs is 1. The molecule has 1 atom stereocenters. The number of para-hydroxylation sites is 1. The number of hydrogen-bond acceptors (Lipinski definition) is 6. The summed E-state index contributed by atoms with van der Waals surface area (Å²) in [4.78, 5) is 25.0. The summed E-state index contributed by atoms with van der Waals surface area (Å²) in [6, 6.07) is 10.4. The van der Waals surface area contributed by atoms with Crippen LogP contribution in [0.25, 0.3) is 11.0 Å². The normalized spacial score (nSPS) is 12.0. The molecule has 3 heterocycles. The van der Waals surface area contributed by atoms with Gasteiger partial charge in [0.15, 0.2) is 11.3 Å². The Bertz CT molecular complexity index is 1120. The molecule has 0 radical (unpaired) electrons. The molecule has 7 nitrogen and oxygen atoms in total. The number of benzene rings is 1. The quantitative estimate of drug-likeness (QED) is 0.507. The molecule has 3 aromatic heterocycles. The summed E-state index contributed by atoms with van der Waals surface area (Å²) in [5.41, 5.74) is 0.592. The van der Waals surface area contributed by atoms with Gasteiger partial charge in [-0.1, -0.05) is 12.1 Å². The second kappa shape index (κ2) is 7.69. The highest BCUT2D eigenvalue weighted by molar-refractivity contribution is 7.08. The van der Waals surface area contributed by atoms with Gasteiger partial charge in [-0.2, -0.15) is 16.4 Å². The lowest BCUT2D eigenvalue weighted by Crippen LogP contribution is -2.33. The van der Waals surface area contributed by atoms with Crippen LogP contribution in [0, 0.1) is 0 Å². The van der Waals surface area contributed by atoms with Crippen molar-refractivity contribution in [2.45, 2.75) is 6.04 Å². The number of methoxy groups -OCH3 is 1. The zero-order valence-corrected chi connectivity index (χ0v) is 15.8. The molecule has 0 bridgehead atoms. The fourth-order valence-corrected chi connectivity index (χ4v) is 3.72. The van der Waals surface area contributed by atoms with Crippen molar-refractivity contribution in [2.24, 2.45) is 0 Å². The van der Waals surface area contributed by atoms with Crippen LogP contribution in [0.3, 0.4) is 0 Å². The smallest absolute Gasteiger partial charge is 0.349 e. The Hall–Kier alpha value is -3.39. The first-order valence-corrected chi connectivity index (χ1v) is 9.52. The van der Waals surface area contributed by atoms with Gasteiger partial charge in [-0.15, -0.1) is 0 Å². The van der Waals surface area contributed by atoms with Crippen LogP contribution in [-0.2, 0) is 0 Å². The molecule has 0 fully saturated rings. The molecule has 4 rings (SSSR count). The van der Waals surface area contributed by atoms with Crippen molar-refractivity contribution in [3.63, 3.8) is 0 Å². The third kappa shape index (κ3) is 3.41. The molecule has 1 aromatic carbocycles. The molecule has 1 unspecified atom stereocenters. The Morgan fingerprint density at radius 1 is 1.36 bits per heavy atom. The summed E-state index contributed by atoms with van der Waals surface area (Å²) >= 11 is 1.57. The van der Waals surface area contributed by atoms with Crippen molar-refractivity contribution < 1.29 is 13.9 Å². The zero-order valence-electron chi connectivity index (χ0n) is 15.0. The largest absolute Gasteiger partial charge is 0.493 e. The monoisotopic (exact) mass is 395 g/mol. The van der Waals surface area contributed by atoms with Crippen molar-refractivity contribution in [3.8, 4) is 5.75 Å². The topological polar surface area (TPSA) is 86.4 Å². The molecule has 1 N–H and O–H groups in total. The highest BCUT2D eigenvalue weighted by Gasteiger charge is 2.19. The number of carbonyl (C=O) groups excluding carboxylic acids is 1. The Morgan fingerprint density at radius 3 is 2.96 bits per heavy atom. The van der Waals surface area contributed by atoms with E-state index in [-0.39, 0.29) is 18.2 Å². The van der Waals surface area contributed by atoms with Crippen LogP contribution >= 0.6 is 11.3 Å². The predicted molar refractivity (Wildman–Crippen MR) is 106 cm³/mol. The molecular weight excluding hydrogens is 378 g/mol. The number of hydrogen-bond donors (Lipinski definition) is 1. The van der Waals surface area contributed by atoms with Crippen molar-refractivity contribution in [1.29, 1.82) is 0 Å². The first kappa shape index (κ1) is 18.0. The second-order valence-corrected chi connectivity index (χ2v) is 6.87. The second-order valence-electron chi connectivity index (χ2n) is 6.09. The molecule has 0 aliphatic heterocycles. The standard InChI is InChI=1S/C20H17N3O4S/c1-26-17-5-2-4-13-10-15(20(25)27-18(13)17)19(24)21-11-16(14-6-9-28-12-14)23-8-3-7-22-23/h2-10,12,16H,11H2,1H3,(H,21,24). The maximum Gasteiger partial charge on any atom is 0.349 e. The summed E-state index contributed by atoms with van der Waals surface area (Å²) in [6.45, 7) is 0.285. The van der Waals surface area contributed by atoms with Gasteiger partial charge in [-0.05, 0) is 40.6 Å². The van der Waals surface area contributed by atoms with Crippen molar-refractivity contribution in [3.05, 3.63) is 81.1 Å². The number of aromatic nitrogens is 2. The predicted octanol–water partition coefficient (Wildman–Crippen LogP) is 3.08. The van der Waals surface area contributed by atoms with Crippen LogP contribution in [0.1, 0.15) is 22.0 Å². The van der Waals surface area contributed by atoms with Gasteiger partial charge in [0, 0.05) is 24.3 Å². The van der Waals surface area contributed by atoms with E-state index in [0.29, 0.717) is 16.7 Å². The Labute approximate surface area is 164 Å². The van der Waals surface area contributed by atoms with E-state index in [1.165, 1.54) is 13.2 Å². The summed E-state index contributed by atoms with van der Waals surface area (Å²) < 4.78 is 12.3. The number of nitrogens with zero attached hydrogens (tertiary/aromatic N) is 2. The maximum atomic E-state index is 12.7. The molecule has 1 amide bonds. The maximum absolute atomic E-state index is 12.7. The van der Waals surface area contributed by atoms with E-state index in [4.69, 9.17) is 9.15 Å². The molecular formula is C20H17N3O4S. The van der Waals surface area contributed by atoms with Crippen LogP contribution in [-0.4, -0.2) is 29.3 Å². The first-order chi connectivity index (χ1) is 13.7. The number of carbonyl (C=O) groups is 1. The van der Waals surface area contributed by atoms with Gasteiger partial charge in [-0.3, -0.25) is 9.48 Å². The minimum absolute atomic E-state index is 0.0507. The average Bonchev–Trinajstić information content (AvgIpc) is 3.42. The summed E-state index contributed by atoms with van der Waals surface area (Å²) in [5.74, 6) is -0.0522. The van der Waals surface area contributed by atoms with E-state index >= 15 is 0 Å². The Kier molecular flexibility index (Phi) is 4.94. The number of thiophene rings is 1. The third-order valence-electron chi connectivity index (χ3n) is 4.42. The van der Waals surface area contributed by atoms with Crippen LogP contribution in [0.5, 0.6) is 5.75 Å². The number of nitrogens with one attached hydrogen (secondary N) is 1. The fourth-order valence-electron chi connectivity index (χ4n) is 3.02. The van der Waals surface area contributed by atoms with E-state index in [9.17, 15) is 9.59 Å². The highest BCUT2D eigenvalue weighted by Crippen LogP contribution is 2.24. The molecule has 0 spiro atoms. The van der Waals surface area contributed by atoms with Crippen LogP contribution in [0.4, 0.5) is 0 Å². The molecule has 8 heteroatoms. The average molecular weight is 395 g/mol. The third-order valence-corrected chi connectivity index (χ3v) is 5.12. The van der Waals surface area contributed by atoms with Gasteiger partial charge in [-0.25, -0.2) is 4.79 Å². The molecule has 0 aliphatic rings. The summed E-state index contributed by atoms with van der Waals surface area (Å²) in [7, 11) is 1.50. The van der Waals surface area contributed by atoms with Crippen molar-refractivity contribution in [2.75, 3.05) is 13.7 Å². The van der Waals surface area contributed by atoms with Gasteiger partial charge in [0.25, 0.3) is 5.91 Å². The Morgan fingerprint density at radius 2 is 2.25 bits per heavy atom. The molecule has 28 heavy (non-hydrogen) atoms. The van der Waals surface area contributed by atoms with Crippen LogP contribution in [0.15, 0.2) is 68.8 Å².